The zero-order valence-electron chi connectivity index (χ0n) is 16.6. The number of carbonyl (C=O) groups excluding carboxylic acids is 1. The van der Waals surface area contributed by atoms with Crippen molar-refractivity contribution in [2.45, 2.75) is 0 Å². The molecular formula is C22H24N6OS. The number of aromatic amines is 1. The first-order chi connectivity index (χ1) is 14.8. The highest BCUT2D eigenvalue weighted by Gasteiger charge is 2.12. The second-order valence-corrected chi connectivity index (χ2v) is 8.45. The third kappa shape index (κ3) is 4.02. The van der Waals surface area contributed by atoms with Crippen molar-refractivity contribution in [2.24, 2.45) is 0 Å². The van der Waals surface area contributed by atoms with Gasteiger partial charge >= 0.3 is 6.03 Å². The van der Waals surface area contributed by atoms with Gasteiger partial charge in [-0.25, -0.2) is 9.78 Å². The summed E-state index contributed by atoms with van der Waals surface area (Å²) >= 11 is 1.49. The number of hydrogen-bond donors (Lipinski definition) is 4. The van der Waals surface area contributed by atoms with E-state index in [2.05, 4.69) is 67.2 Å². The Bertz CT molecular complexity index is 1180. The van der Waals surface area contributed by atoms with E-state index in [1.807, 2.05) is 12.3 Å². The van der Waals surface area contributed by atoms with Crippen LogP contribution in [0.3, 0.4) is 0 Å². The predicted molar refractivity (Wildman–Crippen MR) is 123 cm³/mol. The molecule has 2 aromatic carbocycles. The van der Waals surface area contributed by atoms with Crippen LogP contribution in [0, 0.1) is 0 Å². The Morgan fingerprint density at radius 3 is 2.97 bits per heavy atom. The zero-order chi connectivity index (χ0) is 20.3. The lowest BCUT2D eigenvalue weighted by molar-refractivity contribution is 0.233. The molecule has 0 saturated carbocycles. The lowest BCUT2D eigenvalue weighted by Gasteiger charge is -2.27. The van der Waals surface area contributed by atoms with Crippen molar-refractivity contribution in [3.8, 4) is 11.1 Å². The largest absolute Gasteiger partial charge is 0.361 e. The van der Waals surface area contributed by atoms with Crippen molar-refractivity contribution in [3.05, 3.63) is 48.7 Å². The van der Waals surface area contributed by atoms with Gasteiger partial charge in [0.05, 0.1) is 10.2 Å². The lowest BCUT2D eigenvalue weighted by Crippen LogP contribution is -2.46. The van der Waals surface area contributed by atoms with Crippen LogP contribution < -0.4 is 16.0 Å². The molecule has 1 fully saturated rings. The monoisotopic (exact) mass is 420 g/mol. The van der Waals surface area contributed by atoms with Crippen LogP contribution in [0.15, 0.2) is 48.7 Å². The van der Waals surface area contributed by atoms with E-state index in [9.17, 15) is 4.79 Å². The molecule has 3 heterocycles. The van der Waals surface area contributed by atoms with Crippen LogP contribution in [0.1, 0.15) is 0 Å². The Balaban J connectivity index is 1.26. The Morgan fingerprint density at radius 1 is 1.17 bits per heavy atom. The van der Waals surface area contributed by atoms with Crippen LogP contribution in [0.5, 0.6) is 0 Å². The summed E-state index contributed by atoms with van der Waals surface area (Å²) in [4.78, 5) is 22.4. The molecule has 0 spiro atoms. The first-order valence-electron chi connectivity index (χ1n) is 10.2. The summed E-state index contributed by atoms with van der Waals surface area (Å²) < 4.78 is 1.05. The molecule has 0 bridgehead atoms. The van der Waals surface area contributed by atoms with E-state index in [0.717, 1.165) is 54.0 Å². The molecule has 1 aliphatic rings. The number of thiazole rings is 1. The minimum Gasteiger partial charge on any atom is -0.361 e. The van der Waals surface area contributed by atoms with Gasteiger partial charge in [0.1, 0.15) is 0 Å². The highest BCUT2D eigenvalue weighted by Crippen LogP contribution is 2.33. The minimum atomic E-state index is -0.207. The van der Waals surface area contributed by atoms with Crippen molar-refractivity contribution >= 4 is 43.6 Å². The van der Waals surface area contributed by atoms with E-state index in [1.165, 1.54) is 22.3 Å². The molecule has 8 heteroatoms. The van der Waals surface area contributed by atoms with Gasteiger partial charge < -0.3 is 15.6 Å². The quantitative estimate of drug-likeness (QED) is 0.398. The van der Waals surface area contributed by atoms with Gasteiger partial charge in [-0.05, 0) is 35.4 Å². The van der Waals surface area contributed by atoms with E-state index < -0.39 is 0 Å². The summed E-state index contributed by atoms with van der Waals surface area (Å²) in [6.07, 6.45) is 1.96. The van der Waals surface area contributed by atoms with Gasteiger partial charge in [-0.2, -0.15) is 0 Å². The lowest BCUT2D eigenvalue weighted by atomic mass is 10.0. The molecule has 0 atom stereocenters. The first-order valence-corrected chi connectivity index (χ1v) is 11.0. The highest BCUT2D eigenvalue weighted by molar-refractivity contribution is 7.22. The van der Waals surface area contributed by atoms with E-state index in [1.54, 1.807) is 0 Å². The van der Waals surface area contributed by atoms with Gasteiger partial charge in [0.2, 0.25) is 0 Å². The van der Waals surface area contributed by atoms with E-state index in [0.29, 0.717) is 11.7 Å². The molecule has 4 N–H and O–H groups in total. The Kier molecular flexibility index (Phi) is 5.35. The van der Waals surface area contributed by atoms with Gasteiger partial charge in [-0.15, -0.1) is 0 Å². The molecule has 5 rings (SSSR count). The average molecular weight is 421 g/mol. The average Bonchev–Trinajstić information content (AvgIpc) is 3.40. The molecular weight excluding hydrogens is 396 g/mol. The summed E-state index contributed by atoms with van der Waals surface area (Å²) in [6.45, 7) is 5.57. The SMILES string of the molecule is O=C(NCCN1CCNCC1)Nc1nc2ccc(-c3cccc4[nH]ccc34)cc2s1. The van der Waals surface area contributed by atoms with Gasteiger partial charge in [-0.1, -0.05) is 29.5 Å². The molecule has 0 radical (unpaired) electrons. The number of fused-ring (bicyclic) bond motifs is 2. The summed E-state index contributed by atoms with van der Waals surface area (Å²) in [5.74, 6) is 0. The maximum Gasteiger partial charge on any atom is 0.321 e. The molecule has 7 nitrogen and oxygen atoms in total. The number of nitrogens with one attached hydrogen (secondary N) is 4. The Labute approximate surface area is 178 Å². The molecule has 1 aliphatic heterocycles. The van der Waals surface area contributed by atoms with Crippen molar-refractivity contribution in [1.29, 1.82) is 0 Å². The molecule has 4 aromatic rings. The number of rotatable bonds is 5. The number of amides is 2. The standard InChI is InChI=1S/C22H24N6OS/c29-21(25-10-13-28-11-8-23-9-12-28)27-22-26-19-5-4-15(14-20(19)30-22)16-2-1-3-18-17(16)6-7-24-18/h1-7,14,23-24H,8-13H2,(H2,25,26,27,29). The first kappa shape index (κ1) is 19.0. The van der Waals surface area contributed by atoms with E-state index in [4.69, 9.17) is 0 Å². The number of aromatic nitrogens is 2. The third-order valence-electron chi connectivity index (χ3n) is 5.44. The number of carbonyl (C=O) groups is 1. The fraction of sp³-hybridized carbons (Fsp3) is 0.273. The summed E-state index contributed by atoms with van der Waals surface area (Å²) in [5.41, 5.74) is 4.34. The third-order valence-corrected chi connectivity index (χ3v) is 6.37. The fourth-order valence-corrected chi connectivity index (χ4v) is 4.79. The van der Waals surface area contributed by atoms with Crippen molar-refractivity contribution in [2.75, 3.05) is 44.6 Å². The molecule has 1 saturated heterocycles. The number of hydrogen-bond acceptors (Lipinski definition) is 5. The smallest absolute Gasteiger partial charge is 0.321 e. The topological polar surface area (TPSA) is 85.1 Å². The van der Waals surface area contributed by atoms with Gasteiger partial charge in [-0.3, -0.25) is 10.2 Å². The second kappa shape index (κ2) is 8.43. The van der Waals surface area contributed by atoms with E-state index >= 15 is 0 Å². The summed E-state index contributed by atoms with van der Waals surface area (Å²) in [6, 6.07) is 14.4. The maximum atomic E-state index is 12.2. The predicted octanol–water partition coefficient (Wildman–Crippen LogP) is 3.47. The highest BCUT2D eigenvalue weighted by atomic mass is 32.1. The zero-order valence-corrected chi connectivity index (χ0v) is 17.4. The molecule has 0 aliphatic carbocycles. The minimum absolute atomic E-state index is 0.207. The van der Waals surface area contributed by atoms with Gasteiger partial charge in [0.15, 0.2) is 5.13 Å². The molecule has 0 unspecified atom stereocenters. The molecule has 30 heavy (non-hydrogen) atoms. The van der Waals surface area contributed by atoms with Crippen LogP contribution in [0.2, 0.25) is 0 Å². The summed E-state index contributed by atoms with van der Waals surface area (Å²) in [5, 5.41) is 10.9. The number of anilines is 1. The maximum absolute atomic E-state index is 12.2. The van der Waals surface area contributed by atoms with Crippen LogP contribution in [0.25, 0.3) is 32.2 Å². The van der Waals surface area contributed by atoms with Crippen LogP contribution in [-0.2, 0) is 0 Å². The van der Waals surface area contributed by atoms with Crippen molar-refractivity contribution in [1.82, 2.24) is 25.5 Å². The van der Waals surface area contributed by atoms with Crippen LogP contribution in [0.4, 0.5) is 9.93 Å². The number of H-pyrrole nitrogens is 1. The van der Waals surface area contributed by atoms with E-state index in [-0.39, 0.29) is 6.03 Å². The number of nitrogens with zero attached hydrogens (tertiary/aromatic N) is 2. The second-order valence-electron chi connectivity index (χ2n) is 7.42. The van der Waals surface area contributed by atoms with Crippen molar-refractivity contribution in [3.63, 3.8) is 0 Å². The fourth-order valence-electron chi connectivity index (χ4n) is 3.89. The van der Waals surface area contributed by atoms with Gasteiger partial charge in [0.25, 0.3) is 0 Å². The van der Waals surface area contributed by atoms with Crippen LogP contribution >= 0.6 is 11.3 Å². The number of piperazine rings is 1. The number of benzene rings is 2. The molecule has 154 valence electrons. The summed E-state index contributed by atoms with van der Waals surface area (Å²) in [7, 11) is 0. The normalized spacial score (nSPS) is 14.9. The van der Waals surface area contributed by atoms with Crippen molar-refractivity contribution < 1.29 is 4.79 Å². The van der Waals surface area contributed by atoms with Gasteiger partial charge in [0, 0.05) is 56.4 Å². The molecule has 2 aromatic heterocycles. The Hall–Kier alpha value is -2.94. The van der Waals surface area contributed by atoms with Crippen LogP contribution in [-0.4, -0.2) is 60.2 Å². The number of urea groups is 1. The Morgan fingerprint density at radius 2 is 2.07 bits per heavy atom. The molecule has 2 amide bonds.